The molecule has 1 aliphatic carbocycles. The lowest BCUT2D eigenvalue weighted by atomic mass is 10.0. The molecule has 106 valence electrons. The van der Waals surface area contributed by atoms with Gasteiger partial charge in [0.25, 0.3) is 0 Å². The second-order valence-electron chi connectivity index (χ2n) is 5.50. The molecular formula is C16H25NO2. The molecule has 19 heavy (non-hydrogen) atoms. The number of benzene rings is 1. The summed E-state index contributed by atoms with van der Waals surface area (Å²) in [6.07, 6.45) is 5.08. The largest absolute Gasteiger partial charge is 0.490 e. The molecule has 0 radical (unpaired) electrons. The highest BCUT2D eigenvalue weighted by Gasteiger charge is 2.32. The van der Waals surface area contributed by atoms with Gasteiger partial charge in [0.2, 0.25) is 0 Å². The lowest BCUT2D eigenvalue weighted by Gasteiger charge is -2.23. The maximum absolute atomic E-state index is 10.3. The fraction of sp³-hybridized carbons (Fsp3) is 0.625. The molecule has 0 saturated heterocycles. The number of hydrogen-bond donors (Lipinski definition) is 2. The van der Waals surface area contributed by atoms with Gasteiger partial charge in [-0.25, -0.2) is 0 Å². The predicted molar refractivity (Wildman–Crippen MR) is 77.4 cm³/mol. The molecule has 0 unspecified atom stereocenters. The Morgan fingerprint density at radius 1 is 1.26 bits per heavy atom. The van der Waals surface area contributed by atoms with E-state index in [1.807, 2.05) is 18.2 Å². The van der Waals surface area contributed by atoms with Crippen LogP contribution < -0.4 is 10.1 Å². The molecular weight excluding hydrogens is 238 g/mol. The van der Waals surface area contributed by atoms with Gasteiger partial charge in [-0.05, 0) is 31.9 Å². The van der Waals surface area contributed by atoms with Crippen molar-refractivity contribution in [1.29, 1.82) is 0 Å². The van der Waals surface area contributed by atoms with Crippen LogP contribution in [0.4, 0.5) is 0 Å². The summed E-state index contributed by atoms with van der Waals surface area (Å²) in [5.41, 5.74) is 0.557. The van der Waals surface area contributed by atoms with E-state index < -0.39 is 5.60 Å². The van der Waals surface area contributed by atoms with Crippen molar-refractivity contribution in [3.8, 4) is 5.75 Å². The molecule has 0 atom stereocenters. The molecule has 2 rings (SSSR count). The first-order valence-corrected chi connectivity index (χ1v) is 7.37. The van der Waals surface area contributed by atoms with Gasteiger partial charge in [0.15, 0.2) is 0 Å². The van der Waals surface area contributed by atoms with Gasteiger partial charge in [-0.15, -0.1) is 0 Å². The fourth-order valence-electron chi connectivity index (χ4n) is 2.58. The molecule has 3 heteroatoms. The summed E-state index contributed by atoms with van der Waals surface area (Å²) in [5, 5.41) is 13.7. The van der Waals surface area contributed by atoms with Crippen molar-refractivity contribution in [2.45, 2.75) is 51.2 Å². The molecule has 1 aromatic rings. The molecule has 3 nitrogen and oxygen atoms in total. The minimum atomic E-state index is -0.607. The zero-order valence-corrected chi connectivity index (χ0v) is 11.8. The van der Waals surface area contributed by atoms with Crippen molar-refractivity contribution in [2.75, 3.05) is 13.2 Å². The zero-order chi connectivity index (χ0) is 13.6. The van der Waals surface area contributed by atoms with Crippen LogP contribution in [0.5, 0.6) is 5.75 Å². The predicted octanol–water partition coefficient (Wildman–Crippen LogP) is 2.87. The van der Waals surface area contributed by atoms with Gasteiger partial charge < -0.3 is 15.2 Å². The van der Waals surface area contributed by atoms with E-state index in [1.54, 1.807) is 0 Å². The zero-order valence-electron chi connectivity index (χ0n) is 11.8. The number of nitrogens with one attached hydrogen (secondary N) is 1. The molecule has 1 saturated carbocycles. The molecule has 1 aromatic carbocycles. The summed E-state index contributed by atoms with van der Waals surface area (Å²) in [5.74, 6) is 0.895. The number of rotatable bonds is 7. The smallest absolute Gasteiger partial charge is 0.123 e. The minimum absolute atomic E-state index is 0.414. The van der Waals surface area contributed by atoms with Crippen molar-refractivity contribution in [3.05, 3.63) is 29.8 Å². The third-order valence-electron chi connectivity index (χ3n) is 3.75. The Balaban J connectivity index is 1.91. The molecule has 1 fully saturated rings. The standard InChI is InChI=1S/C16H25NO2/c1-2-11-17-12-14-7-3-4-8-15(14)19-13-16(18)9-5-6-10-16/h3-4,7-8,17-18H,2,5-6,9-13H2,1H3. The van der Waals surface area contributed by atoms with Crippen LogP contribution in [0.25, 0.3) is 0 Å². The first kappa shape index (κ1) is 14.4. The van der Waals surface area contributed by atoms with Crippen LogP contribution in [-0.2, 0) is 6.54 Å². The van der Waals surface area contributed by atoms with Gasteiger partial charge in [-0.2, -0.15) is 0 Å². The van der Waals surface area contributed by atoms with Crippen LogP contribution in [0.1, 0.15) is 44.6 Å². The summed E-state index contributed by atoms with van der Waals surface area (Å²) in [6, 6.07) is 8.08. The second kappa shape index (κ2) is 6.92. The molecule has 0 spiro atoms. The Morgan fingerprint density at radius 3 is 2.74 bits per heavy atom. The Morgan fingerprint density at radius 2 is 2.00 bits per heavy atom. The van der Waals surface area contributed by atoms with Crippen LogP contribution in [0, 0.1) is 0 Å². The van der Waals surface area contributed by atoms with Gasteiger partial charge in [-0.1, -0.05) is 38.0 Å². The van der Waals surface area contributed by atoms with E-state index in [0.717, 1.165) is 56.5 Å². The average molecular weight is 263 g/mol. The lowest BCUT2D eigenvalue weighted by Crippen LogP contribution is -2.32. The van der Waals surface area contributed by atoms with E-state index in [1.165, 1.54) is 0 Å². The number of hydrogen-bond acceptors (Lipinski definition) is 3. The third-order valence-corrected chi connectivity index (χ3v) is 3.75. The number of ether oxygens (including phenoxy) is 1. The van der Waals surface area contributed by atoms with Crippen molar-refractivity contribution in [1.82, 2.24) is 5.32 Å². The van der Waals surface area contributed by atoms with E-state index in [2.05, 4.69) is 18.3 Å². The first-order chi connectivity index (χ1) is 9.23. The summed E-state index contributed by atoms with van der Waals surface area (Å²) in [6.45, 7) is 4.41. The molecule has 0 aromatic heterocycles. The molecule has 0 heterocycles. The highest BCUT2D eigenvalue weighted by atomic mass is 16.5. The van der Waals surface area contributed by atoms with Crippen molar-refractivity contribution >= 4 is 0 Å². The maximum atomic E-state index is 10.3. The van der Waals surface area contributed by atoms with Gasteiger partial charge >= 0.3 is 0 Å². The minimum Gasteiger partial charge on any atom is -0.490 e. The normalized spacial score (nSPS) is 17.6. The Hall–Kier alpha value is -1.06. The quantitative estimate of drug-likeness (QED) is 0.743. The van der Waals surface area contributed by atoms with Crippen molar-refractivity contribution in [2.24, 2.45) is 0 Å². The fourth-order valence-corrected chi connectivity index (χ4v) is 2.58. The number of aliphatic hydroxyl groups is 1. The van der Waals surface area contributed by atoms with E-state index in [9.17, 15) is 5.11 Å². The van der Waals surface area contributed by atoms with E-state index >= 15 is 0 Å². The summed E-state index contributed by atoms with van der Waals surface area (Å²) < 4.78 is 5.86. The van der Waals surface area contributed by atoms with Gasteiger partial charge in [0, 0.05) is 12.1 Å². The summed E-state index contributed by atoms with van der Waals surface area (Å²) in [7, 11) is 0. The summed E-state index contributed by atoms with van der Waals surface area (Å²) >= 11 is 0. The lowest BCUT2D eigenvalue weighted by molar-refractivity contribution is 0.00111. The van der Waals surface area contributed by atoms with E-state index in [4.69, 9.17) is 4.74 Å². The Kier molecular flexibility index (Phi) is 5.23. The van der Waals surface area contributed by atoms with Gasteiger partial charge in [0.05, 0.1) is 5.60 Å². The summed E-state index contributed by atoms with van der Waals surface area (Å²) in [4.78, 5) is 0. The van der Waals surface area contributed by atoms with Gasteiger partial charge in [-0.3, -0.25) is 0 Å². The van der Waals surface area contributed by atoms with E-state index in [-0.39, 0.29) is 0 Å². The highest BCUT2D eigenvalue weighted by molar-refractivity contribution is 5.33. The van der Waals surface area contributed by atoms with Crippen LogP contribution in [-0.4, -0.2) is 23.9 Å². The van der Waals surface area contributed by atoms with Crippen LogP contribution in [0.15, 0.2) is 24.3 Å². The molecule has 1 aliphatic rings. The SMILES string of the molecule is CCCNCc1ccccc1OCC1(O)CCCC1. The average Bonchev–Trinajstić information content (AvgIpc) is 2.85. The molecule has 0 aliphatic heterocycles. The molecule has 2 N–H and O–H groups in total. The number of para-hydroxylation sites is 1. The van der Waals surface area contributed by atoms with Crippen LogP contribution in [0.3, 0.4) is 0 Å². The molecule has 0 amide bonds. The van der Waals surface area contributed by atoms with Crippen molar-refractivity contribution in [3.63, 3.8) is 0 Å². The molecule has 0 bridgehead atoms. The van der Waals surface area contributed by atoms with Crippen LogP contribution >= 0.6 is 0 Å². The van der Waals surface area contributed by atoms with Gasteiger partial charge in [0.1, 0.15) is 12.4 Å². The third kappa shape index (κ3) is 4.22. The second-order valence-corrected chi connectivity index (χ2v) is 5.50. The van der Waals surface area contributed by atoms with Crippen LogP contribution in [0.2, 0.25) is 0 Å². The van der Waals surface area contributed by atoms with Crippen molar-refractivity contribution < 1.29 is 9.84 Å². The maximum Gasteiger partial charge on any atom is 0.123 e. The highest BCUT2D eigenvalue weighted by Crippen LogP contribution is 2.30. The first-order valence-electron chi connectivity index (χ1n) is 7.37. The van der Waals surface area contributed by atoms with E-state index in [0.29, 0.717) is 6.61 Å². The Labute approximate surface area is 116 Å². The Bertz CT molecular complexity index is 386. The topological polar surface area (TPSA) is 41.5 Å². The monoisotopic (exact) mass is 263 g/mol.